The highest BCUT2D eigenvalue weighted by atomic mass is 32.1. The highest BCUT2D eigenvalue weighted by molar-refractivity contribution is 7.11. The first-order chi connectivity index (χ1) is 7.69. The van der Waals surface area contributed by atoms with E-state index in [2.05, 4.69) is 37.8 Å². The Balaban J connectivity index is 2.49. The molecule has 0 amide bonds. The van der Waals surface area contributed by atoms with Crippen molar-refractivity contribution in [2.24, 2.45) is 11.7 Å². The second-order valence-electron chi connectivity index (χ2n) is 4.41. The second kappa shape index (κ2) is 7.05. The lowest BCUT2D eigenvalue weighted by Gasteiger charge is -2.22. The summed E-state index contributed by atoms with van der Waals surface area (Å²) in [5.74, 6) is 0.786. The zero-order valence-corrected chi connectivity index (χ0v) is 11.5. The van der Waals surface area contributed by atoms with Gasteiger partial charge >= 0.3 is 0 Å². The summed E-state index contributed by atoms with van der Waals surface area (Å²) in [6.45, 7) is 10.9. The molecule has 0 saturated carbocycles. The zero-order valence-electron chi connectivity index (χ0n) is 10.7. The summed E-state index contributed by atoms with van der Waals surface area (Å²) in [4.78, 5) is 5.24. The van der Waals surface area contributed by atoms with Crippen molar-refractivity contribution in [3.05, 3.63) is 21.9 Å². The Hall–Kier alpha value is -0.380. The average molecular weight is 240 g/mol. The molecule has 1 unspecified atom stereocenters. The molecule has 92 valence electrons. The maximum Gasteiger partial charge on any atom is 0.0328 e. The van der Waals surface area contributed by atoms with Crippen molar-refractivity contribution >= 4 is 11.3 Å². The Morgan fingerprint density at radius 3 is 2.50 bits per heavy atom. The van der Waals surface area contributed by atoms with Crippen LogP contribution in [-0.4, -0.2) is 18.0 Å². The maximum atomic E-state index is 5.63. The van der Waals surface area contributed by atoms with Gasteiger partial charge in [-0.2, -0.15) is 0 Å². The van der Waals surface area contributed by atoms with E-state index in [9.17, 15) is 0 Å². The molecule has 0 bridgehead atoms. The van der Waals surface area contributed by atoms with E-state index in [4.69, 9.17) is 5.73 Å². The molecule has 1 aromatic heterocycles. The van der Waals surface area contributed by atoms with E-state index in [1.54, 1.807) is 0 Å². The van der Waals surface area contributed by atoms with Crippen LogP contribution in [0.1, 0.15) is 36.9 Å². The predicted octanol–water partition coefficient (Wildman–Crippen LogP) is 3.07. The van der Waals surface area contributed by atoms with Gasteiger partial charge in [-0.3, -0.25) is 4.90 Å². The summed E-state index contributed by atoms with van der Waals surface area (Å²) in [5, 5.41) is 0. The molecule has 1 heterocycles. The highest BCUT2D eigenvalue weighted by Gasteiger charge is 2.09. The van der Waals surface area contributed by atoms with E-state index < -0.39 is 0 Å². The van der Waals surface area contributed by atoms with Gasteiger partial charge in [0, 0.05) is 29.4 Å². The first-order valence-electron chi connectivity index (χ1n) is 6.19. The summed E-state index contributed by atoms with van der Waals surface area (Å²) in [7, 11) is 0. The highest BCUT2D eigenvalue weighted by Crippen LogP contribution is 2.18. The minimum Gasteiger partial charge on any atom is -0.326 e. The van der Waals surface area contributed by atoms with Crippen LogP contribution < -0.4 is 5.73 Å². The molecule has 1 aromatic rings. The van der Waals surface area contributed by atoms with Crippen LogP contribution in [-0.2, 0) is 13.1 Å². The van der Waals surface area contributed by atoms with Crippen LogP contribution in [0.2, 0.25) is 0 Å². The van der Waals surface area contributed by atoms with Crippen LogP contribution in [0.4, 0.5) is 0 Å². The van der Waals surface area contributed by atoms with Crippen LogP contribution in [0, 0.1) is 5.92 Å². The molecular formula is C13H24N2S. The predicted molar refractivity (Wildman–Crippen MR) is 72.6 cm³/mol. The van der Waals surface area contributed by atoms with Crippen molar-refractivity contribution < 1.29 is 0 Å². The summed E-state index contributed by atoms with van der Waals surface area (Å²) in [5.41, 5.74) is 5.63. The lowest BCUT2D eigenvalue weighted by Crippen LogP contribution is -2.27. The van der Waals surface area contributed by atoms with Crippen LogP contribution in [0.3, 0.4) is 0 Å². The van der Waals surface area contributed by atoms with Crippen LogP contribution in [0.5, 0.6) is 0 Å². The molecule has 0 aromatic carbocycles. The maximum absolute atomic E-state index is 5.63. The summed E-state index contributed by atoms with van der Waals surface area (Å²) in [6, 6.07) is 4.36. The van der Waals surface area contributed by atoms with Gasteiger partial charge in [0.1, 0.15) is 0 Å². The van der Waals surface area contributed by atoms with E-state index in [1.165, 1.54) is 22.7 Å². The van der Waals surface area contributed by atoms with E-state index in [-0.39, 0.29) is 0 Å². The molecule has 1 rings (SSSR count). The minimum atomic E-state index is 0.669. The molecule has 1 atom stereocenters. The second-order valence-corrected chi connectivity index (χ2v) is 5.67. The first-order valence-corrected chi connectivity index (χ1v) is 7.01. The third-order valence-electron chi connectivity index (χ3n) is 3.01. The van der Waals surface area contributed by atoms with Crippen molar-refractivity contribution in [1.82, 2.24) is 4.90 Å². The van der Waals surface area contributed by atoms with Gasteiger partial charge in [-0.05, 0) is 24.6 Å². The van der Waals surface area contributed by atoms with Gasteiger partial charge < -0.3 is 5.73 Å². The van der Waals surface area contributed by atoms with E-state index in [0.29, 0.717) is 6.54 Å². The fraction of sp³-hybridized carbons (Fsp3) is 0.692. The van der Waals surface area contributed by atoms with Gasteiger partial charge in [0.2, 0.25) is 0 Å². The average Bonchev–Trinajstić information content (AvgIpc) is 2.75. The molecule has 0 saturated heterocycles. The third-order valence-corrected chi connectivity index (χ3v) is 4.10. The molecule has 0 aliphatic carbocycles. The quantitative estimate of drug-likeness (QED) is 0.793. The van der Waals surface area contributed by atoms with Crippen molar-refractivity contribution in [1.29, 1.82) is 0 Å². The number of hydrogen-bond donors (Lipinski definition) is 1. The van der Waals surface area contributed by atoms with Crippen LogP contribution >= 0.6 is 11.3 Å². The Bertz CT molecular complexity index is 296. The molecule has 0 spiro atoms. The summed E-state index contributed by atoms with van der Waals surface area (Å²) in [6.07, 6.45) is 1.26. The van der Waals surface area contributed by atoms with Gasteiger partial charge in [0.05, 0.1) is 0 Å². The van der Waals surface area contributed by atoms with Crippen molar-refractivity contribution in [2.45, 2.75) is 40.3 Å². The van der Waals surface area contributed by atoms with Crippen molar-refractivity contribution in [3.63, 3.8) is 0 Å². The largest absolute Gasteiger partial charge is 0.326 e. The number of thiophene rings is 1. The molecule has 0 radical (unpaired) electrons. The molecule has 2 N–H and O–H groups in total. The lowest BCUT2D eigenvalue weighted by molar-refractivity contribution is 0.240. The molecule has 0 aliphatic rings. The number of hydrogen-bond acceptors (Lipinski definition) is 3. The molecule has 2 nitrogen and oxygen atoms in total. The van der Waals surface area contributed by atoms with E-state index in [0.717, 1.165) is 19.0 Å². The molecule has 16 heavy (non-hydrogen) atoms. The number of rotatable bonds is 7. The minimum absolute atomic E-state index is 0.669. The first kappa shape index (κ1) is 13.7. The number of nitrogens with two attached hydrogens (primary N) is 1. The zero-order chi connectivity index (χ0) is 12.0. The van der Waals surface area contributed by atoms with Gasteiger partial charge in [-0.15, -0.1) is 11.3 Å². The standard InChI is InChI=1S/C13H24N2S/c1-4-11(3)9-15(5-2)10-13-7-6-12(8-14)16-13/h6-7,11H,4-5,8-10,14H2,1-3H3. The Morgan fingerprint density at radius 2 is 2.00 bits per heavy atom. The fourth-order valence-corrected chi connectivity index (χ4v) is 2.65. The molecule has 0 fully saturated rings. The van der Waals surface area contributed by atoms with Crippen LogP contribution in [0.15, 0.2) is 12.1 Å². The van der Waals surface area contributed by atoms with Gasteiger partial charge in [0.25, 0.3) is 0 Å². The van der Waals surface area contributed by atoms with Crippen molar-refractivity contribution in [3.8, 4) is 0 Å². The Kier molecular flexibility index (Phi) is 6.03. The third kappa shape index (κ3) is 4.24. The van der Waals surface area contributed by atoms with Gasteiger partial charge in [0.15, 0.2) is 0 Å². The molecular weight excluding hydrogens is 216 g/mol. The monoisotopic (exact) mass is 240 g/mol. The molecule has 3 heteroatoms. The fourth-order valence-electron chi connectivity index (χ4n) is 1.71. The van der Waals surface area contributed by atoms with Crippen molar-refractivity contribution in [2.75, 3.05) is 13.1 Å². The van der Waals surface area contributed by atoms with Crippen LogP contribution in [0.25, 0.3) is 0 Å². The normalized spacial score (nSPS) is 13.3. The lowest BCUT2D eigenvalue weighted by atomic mass is 10.1. The summed E-state index contributed by atoms with van der Waals surface area (Å²) < 4.78 is 0. The van der Waals surface area contributed by atoms with E-state index in [1.807, 2.05) is 11.3 Å². The Labute approximate surface area is 103 Å². The number of nitrogens with zero attached hydrogens (tertiary/aromatic N) is 1. The van der Waals surface area contributed by atoms with E-state index >= 15 is 0 Å². The molecule has 0 aliphatic heterocycles. The SMILES string of the molecule is CCC(C)CN(CC)Cc1ccc(CN)s1. The topological polar surface area (TPSA) is 29.3 Å². The Morgan fingerprint density at radius 1 is 1.31 bits per heavy atom. The van der Waals surface area contributed by atoms with Gasteiger partial charge in [-0.25, -0.2) is 0 Å². The van der Waals surface area contributed by atoms with Gasteiger partial charge in [-0.1, -0.05) is 27.2 Å². The smallest absolute Gasteiger partial charge is 0.0328 e. The summed E-state index contributed by atoms with van der Waals surface area (Å²) >= 11 is 1.84.